The van der Waals surface area contributed by atoms with Crippen LogP contribution in [0.15, 0.2) is 42.6 Å². The van der Waals surface area contributed by atoms with Gasteiger partial charge < -0.3 is 24.3 Å². The van der Waals surface area contributed by atoms with Crippen LogP contribution in [0.25, 0.3) is 10.9 Å². The van der Waals surface area contributed by atoms with Gasteiger partial charge in [-0.2, -0.15) is 4.98 Å². The lowest BCUT2D eigenvalue weighted by Crippen LogP contribution is -2.37. The summed E-state index contributed by atoms with van der Waals surface area (Å²) < 4.78 is 13.1. The number of benzene rings is 1. The number of anilines is 1. The molecule has 3 aromatic rings. The molecular formula is C21H25N5O3. The minimum atomic E-state index is -0.0529. The lowest BCUT2D eigenvalue weighted by Gasteiger charge is -2.28. The first-order valence-corrected chi connectivity index (χ1v) is 9.81. The zero-order chi connectivity index (χ0) is 20.1. The summed E-state index contributed by atoms with van der Waals surface area (Å²) >= 11 is 0. The largest absolute Gasteiger partial charge is 0.476 e. The van der Waals surface area contributed by atoms with Crippen molar-refractivity contribution in [1.82, 2.24) is 19.9 Å². The number of para-hydroxylation sites is 1. The summed E-state index contributed by atoms with van der Waals surface area (Å²) in [7, 11) is 0. The van der Waals surface area contributed by atoms with E-state index in [4.69, 9.17) is 9.47 Å². The van der Waals surface area contributed by atoms with Gasteiger partial charge in [0.1, 0.15) is 24.8 Å². The number of fused-ring (bicyclic) bond motifs is 1. The highest BCUT2D eigenvalue weighted by Gasteiger charge is 2.14. The Kier molecular flexibility index (Phi) is 5.90. The van der Waals surface area contributed by atoms with Crippen LogP contribution in [0, 0.1) is 6.92 Å². The Morgan fingerprint density at radius 3 is 2.90 bits per heavy atom. The van der Waals surface area contributed by atoms with Crippen LogP contribution in [0.2, 0.25) is 0 Å². The lowest BCUT2D eigenvalue weighted by molar-refractivity contribution is -0.121. The smallest absolute Gasteiger partial charge is 0.240 e. The van der Waals surface area contributed by atoms with E-state index in [2.05, 4.69) is 20.2 Å². The average molecular weight is 395 g/mol. The molecule has 0 aliphatic carbocycles. The van der Waals surface area contributed by atoms with E-state index in [1.54, 1.807) is 0 Å². The molecule has 0 unspecified atom stereocenters. The second-order valence-electron chi connectivity index (χ2n) is 6.91. The molecule has 8 nitrogen and oxygen atoms in total. The van der Waals surface area contributed by atoms with Gasteiger partial charge >= 0.3 is 0 Å². The van der Waals surface area contributed by atoms with Crippen molar-refractivity contribution in [3.8, 4) is 5.88 Å². The van der Waals surface area contributed by atoms with E-state index in [1.165, 1.54) is 0 Å². The highest BCUT2D eigenvalue weighted by Crippen LogP contribution is 2.18. The van der Waals surface area contributed by atoms with Crippen LogP contribution < -0.4 is 15.0 Å². The molecule has 1 fully saturated rings. The molecule has 1 aliphatic rings. The summed E-state index contributed by atoms with van der Waals surface area (Å²) in [6, 6.07) is 11.9. The van der Waals surface area contributed by atoms with E-state index in [9.17, 15) is 4.79 Å². The number of nitrogens with one attached hydrogen (secondary N) is 1. The highest BCUT2D eigenvalue weighted by atomic mass is 16.5. The third kappa shape index (κ3) is 4.83. The van der Waals surface area contributed by atoms with Crippen LogP contribution in [-0.2, 0) is 16.1 Å². The average Bonchev–Trinajstić information content (AvgIpc) is 3.14. The molecule has 1 amide bonds. The molecule has 1 aliphatic heterocycles. The number of carbonyl (C=O) groups excluding carboxylic acids is 1. The summed E-state index contributed by atoms with van der Waals surface area (Å²) in [4.78, 5) is 23.2. The minimum Gasteiger partial charge on any atom is -0.476 e. The van der Waals surface area contributed by atoms with Crippen molar-refractivity contribution in [2.75, 3.05) is 44.4 Å². The van der Waals surface area contributed by atoms with Gasteiger partial charge in [-0.25, -0.2) is 4.98 Å². The van der Waals surface area contributed by atoms with Gasteiger partial charge in [0.2, 0.25) is 11.8 Å². The van der Waals surface area contributed by atoms with Gasteiger partial charge in [0.05, 0.1) is 19.8 Å². The van der Waals surface area contributed by atoms with Crippen LogP contribution >= 0.6 is 0 Å². The quantitative estimate of drug-likeness (QED) is 0.614. The van der Waals surface area contributed by atoms with E-state index in [0.717, 1.165) is 29.8 Å². The Balaban J connectivity index is 1.27. The Morgan fingerprint density at radius 2 is 2.03 bits per heavy atom. The molecule has 152 valence electrons. The molecule has 4 rings (SSSR count). The first kappa shape index (κ1) is 19.2. The number of amides is 1. The fourth-order valence-electron chi connectivity index (χ4n) is 3.39. The van der Waals surface area contributed by atoms with Crippen molar-refractivity contribution < 1.29 is 14.3 Å². The molecule has 0 saturated carbocycles. The number of hydrogen-bond donors (Lipinski definition) is 1. The molecule has 3 heterocycles. The molecule has 2 aromatic heterocycles. The second-order valence-corrected chi connectivity index (χ2v) is 6.91. The number of aromatic nitrogens is 3. The molecule has 1 N–H and O–H groups in total. The normalized spacial score (nSPS) is 14.2. The van der Waals surface area contributed by atoms with E-state index in [0.29, 0.717) is 38.1 Å². The predicted octanol–water partition coefficient (Wildman–Crippen LogP) is 1.77. The molecule has 0 spiro atoms. The summed E-state index contributed by atoms with van der Waals surface area (Å²) in [5, 5.41) is 4.02. The van der Waals surface area contributed by atoms with Crippen molar-refractivity contribution in [2.45, 2.75) is 13.5 Å². The van der Waals surface area contributed by atoms with Gasteiger partial charge in [0, 0.05) is 30.9 Å². The van der Waals surface area contributed by atoms with E-state index in [-0.39, 0.29) is 12.5 Å². The monoisotopic (exact) mass is 395 g/mol. The maximum absolute atomic E-state index is 12.2. The molecule has 8 heteroatoms. The van der Waals surface area contributed by atoms with Gasteiger partial charge in [-0.1, -0.05) is 18.2 Å². The Bertz CT molecular complexity index is 981. The number of morpholine rings is 1. The van der Waals surface area contributed by atoms with Crippen LogP contribution in [0.4, 0.5) is 5.82 Å². The first-order valence-electron chi connectivity index (χ1n) is 9.81. The Hall–Kier alpha value is -3.13. The van der Waals surface area contributed by atoms with Crippen LogP contribution in [0.1, 0.15) is 5.82 Å². The molecule has 1 aromatic carbocycles. The third-order valence-electron chi connectivity index (χ3n) is 4.80. The van der Waals surface area contributed by atoms with Gasteiger partial charge in [0.25, 0.3) is 0 Å². The number of rotatable bonds is 7. The third-order valence-corrected chi connectivity index (χ3v) is 4.80. The predicted molar refractivity (Wildman–Crippen MR) is 110 cm³/mol. The van der Waals surface area contributed by atoms with Crippen LogP contribution in [0.3, 0.4) is 0 Å². The van der Waals surface area contributed by atoms with E-state index < -0.39 is 0 Å². The summed E-state index contributed by atoms with van der Waals surface area (Å²) in [5.41, 5.74) is 1.05. The summed E-state index contributed by atoms with van der Waals surface area (Å²) in [6.45, 7) is 5.89. The number of carbonyl (C=O) groups is 1. The number of ether oxygens (including phenoxy) is 2. The van der Waals surface area contributed by atoms with Crippen LogP contribution in [0.5, 0.6) is 5.88 Å². The van der Waals surface area contributed by atoms with Crippen LogP contribution in [-0.4, -0.2) is 59.9 Å². The van der Waals surface area contributed by atoms with Gasteiger partial charge in [-0.05, 0) is 24.4 Å². The van der Waals surface area contributed by atoms with Crippen molar-refractivity contribution >= 4 is 22.6 Å². The van der Waals surface area contributed by atoms with Gasteiger partial charge in [-0.15, -0.1) is 0 Å². The fourth-order valence-corrected chi connectivity index (χ4v) is 3.39. The maximum Gasteiger partial charge on any atom is 0.240 e. The zero-order valence-corrected chi connectivity index (χ0v) is 16.5. The second kappa shape index (κ2) is 8.91. The molecule has 0 atom stereocenters. The molecule has 0 radical (unpaired) electrons. The number of hydrogen-bond acceptors (Lipinski definition) is 6. The summed E-state index contributed by atoms with van der Waals surface area (Å²) in [6.07, 6.45) is 1.93. The van der Waals surface area contributed by atoms with Gasteiger partial charge in [-0.3, -0.25) is 4.79 Å². The maximum atomic E-state index is 12.2. The Morgan fingerprint density at radius 1 is 1.21 bits per heavy atom. The highest BCUT2D eigenvalue weighted by molar-refractivity contribution is 5.83. The summed E-state index contributed by atoms with van der Waals surface area (Å²) in [5.74, 6) is 1.97. The molecule has 29 heavy (non-hydrogen) atoms. The fraction of sp³-hybridized carbons (Fsp3) is 0.381. The Labute approximate surface area is 169 Å². The van der Waals surface area contributed by atoms with E-state index in [1.807, 2.05) is 54.1 Å². The van der Waals surface area contributed by atoms with E-state index >= 15 is 0 Å². The molecule has 1 saturated heterocycles. The lowest BCUT2D eigenvalue weighted by atomic mass is 10.2. The topological polar surface area (TPSA) is 81.5 Å². The zero-order valence-electron chi connectivity index (χ0n) is 16.5. The standard InChI is InChI=1S/C21H25N5O3/c1-16-23-19(25-9-12-28-13-10-25)14-21(24-16)29-11-7-22-20(27)15-26-8-6-17-4-2-3-5-18(17)26/h2-6,8,14H,7,9-13,15H2,1H3,(H,22,27). The first-order chi connectivity index (χ1) is 14.2. The number of nitrogens with zero attached hydrogens (tertiary/aromatic N) is 4. The molecular weight excluding hydrogens is 370 g/mol. The molecule has 0 bridgehead atoms. The number of aryl methyl sites for hydroxylation is 1. The minimum absolute atomic E-state index is 0.0529. The van der Waals surface area contributed by atoms with Crippen molar-refractivity contribution in [3.63, 3.8) is 0 Å². The van der Waals surface area contributed by atoms with Crippen molar-refractivity contribution in [2.24, 2.45) is 0 Å². The SMILES string of the molecule is Cc1nc(OCCNC(=O)Cn2ccc3ccccc32)cc(N2CCOCC2)n1. The van der Waals surface area contributed by atoms with Crippen molar-refractivity contribution in [1.29, 1.82) is 0 Å². The van der Waals surface area contributed by atoms with Gasteiger partial charge in [0.15, 0.2) is 0 Å². The van der Waals surface area contributed by atoms with Crippen molar-refractivity contribution in [3.05, 3.63) is 48.4 Å².